The summed E-state index contributed by atoms with van der Waals surface area (Å²) in [6.45, 7) is 14.1. The number of likely N-dealkylation sites (N-methyl/N-ethyl adjacent to an activating group) is 1. The first kappa shape index (κ1) is 23.5. The summed E-state index contributed by atoms with van der Waals surface area (Å²) in [6, 6.07) is 0. The largest absolute Gasteiger partial charge is 0.462 e. The summed E-state index contributed by atoms with van der Waals surface area (Å²) in [6.07, 6.45) is 3.01. The Morgan fingerprint density at radius 2 is 1.75 bits per heavy atom. The molecule has 1 aromatic heterocycles. The molecule has 0 aliphatic heterocycles. The van der Waals surface area contributed by atoms with E-state index in [9.17, 15) is 14.4 Å². The predicted molar refractivity (Wildman–Crippen MR) is 110 cm³/mol. The number of ether oxygens (including phenoxy) is 1. The van der Waals surface area contributed by atoms with E-state index in [1.54, 1.807) is 20.0 Å². The molecule has 0 aliphatic rings. The van der Waals surface area contributed by atoms with Crippen LogP contribution in [0.4, 0.5) is 0 Å². The fraction of sp³-hybridized carbons (Fsp3) is 0.571. The highest BCUT2D eigenvalue weighted by molar-refractivity contribution is 5.99. The van der Waals surface area contributed by atoms with Crippen LogP contribution in [0.5, 0.6) is 0 Å². The zero-order valence-electron chi connectivity index (χ0n) is 18.3. The van der Waals surface area contributed by atoms with Crippen molar-refractivity contribution in [1.29, 1.82) is 0 Å². The topological polar surface area (TPSA) is 80.6 Å². The first-order valence-electron chi connectivity index (χ1n) is 9.53. The van der Waals surface area contributed by atoms with Crippen LogP contribution in [0.25, 0.3) is 6.08 Å². The average molecular weight is 392 g/mol. The minimum absolute atomic E-state index is 0.0425. The Balaban J connectivity index is 3.06. The SMILES string of the molecule is CCOC(=O)c1c(/C=C/C(=O)N(C)CC(=O)NC(C)(C)C)c(C)n(CC)c1C. The van der Waals surface area contributed by atoms with E-state index in [0.717, 1.165) is 11.4 Å². The van der Waals surface area contributed by atoms with Gasteiger partial charge in [0.15, 0.2) is 0 Å². The van der Waals surface area contributed by atoms with Gasteiger partial charge in [-0.1, -0.05) is 0 Å². The summed E-state index contributed by atoms with van der Waals surface area (Å²) in [4.78, 5) is 38.2. The maximum Gasteiger partial charge on any atom is 0.340 e. The smallest absolute Gasteiger partial charge is 0.340 e. The molecule has 1 heterocycles. The van der Waals surface area contributed by atoms with Gasteiger partial charge in [0.05, 0.1) is 18.7 Å². The molecule has 1 aromatic rings. The van der Waals surface area contributed by atoms with E-state index in [0.29, 0.717) is 17.7 Å². The van der Waals surface area contributed by atoms with E-state index >= 15 is 0 Å². The number of carbonyl (C=O) groups is 3. The lowest BCUT2D eigenvalue weighted by Crippen LogP contribution is -2.46. The summed E-state index contributed by atoms with van der Waals surface area (Å²) in [5.41, 5.74) is 2.48. The molecular weight excluding hydrogens is 358 g/mol. The minimum Gasteiger partial charge on any atom is -0.462 e. The van der Waals surface area contributed by atoms with Gasteiger partial charge in [-0.15, -0.1) is 0 Å². The van der Waals surface area contributed by atoms with E-state index in [1.165, 1.54) is 11.0 Å². The van der Waals surface area contributed by atoms with E-state index < -0.39 is 5.97 Å². The third-order valence-electron chi connectivity index (χ3n) is 4.29. The lowest BCUT2D eigenvalue weighted by molar-refractivity contribution is -0.131. The monoisotopic (exact) mass is 391 g/mol. The fourth-order valence-corrected chi connectivity index (χ4v) is 3.08. The Labute approximate surface area is 167 Å². The van der Waals surface area contributed by atoms with Crippen LogP contribution in [0.1, 0.15) is 61.9 Å². The van der Waals surface area contributed by atoms with Gasteiger partial charge in [0, 0.05) is 42.2 Å². The third-order valence-corrected chi connectivity index (χ3v) is 4.29. The fourth-order valence-electron chi connectivity index (χ4n) is 3.08. The Kier molecular flexibility index (Phi) is 8.02. The predicted octanol–water partition coefficient (Wildman–Crippen LogP) is 2.69. The molecule has 0 fully saturated rings. The second-order valence-corrected chi connectivity index (χ2v) is 7.75. The van der Waals surface area contributed by atoms with Crippen molar-refractivity contribution >= 4 is 23.9 Å². The molecule has 7 nitrogen and oxygen atoms in total. The maximum atomic E-state index is 12.4. The van der Waals surface area contributed by atoms with Crippen molar-refractivity contribution in [2.45, 2.75) is 60.5 Å². The summed E-state index contributed by atoms with van der Waals surface area (Å²) in [7, 11) is 1.57. The molecule has 156 valence electrons. The first-order chi connectivity index (χ1) is 12.9. The van der Waals surface area contributed by atoms with Gasteiger partial charge >= 0.3 is 5.97 Å². The second-order valence-electron chi connectivity index (χ2n) is 7.75. The number of aromatic nitrogens is 1. The van der Waals surface area contributed by atoms with Gasteiger partial charge in [-0.05, 0) is 54.5 Å². The van der Waals surface area contributed by atoms with E-state index in [4.69, 9.17) is 4.74 Å². The van der Waals surface area contributed by atoms with Crippen molar-refractivity contribution in [3.05, 3.63) is 28.6 Å². The molecule has 0 atom stereocenters. The number of esters is 1. The molecule has 7 heteroatoms. The first-order valence-corrected chi connectivity index (χ1v) is 9.53. The average Bonchev–Trinajstić information content (AvgIpc) is 2.80. The molecule has 1 rings (SSSR count). The van der Waals surface area contributed by atoms with Crippen molar-refractivity contribution in [2.75, 3.05) is 20.2 Å². The van der Waals surface area contributed by atoms with Gasteiger partial charge in [0.25, 0.3) is 0 Å². The van der Waals surface area contributed by atoms with Crippen LogP contribution in [-0.2, 0) is 20.9 Å². The normalized spacial score (nSPS) is 11.6. The van der Waals surface area contributed by atoms with Gasteiger partial charge in [0.2, 0.25) is 11.8 Å². The lowest BCUT2D eigenvalue weighted by Gasteiger charge is -2.22. The molecule has 0 spiro atoms. The summed E-state index contributed by atoms with van der Waals surface area (Å²) in [5.74, 6) is -0.950. The van der Waals surface area contributed by atoms with Gasteiger partial charge in [0.1, 0.15) is 0 Å². The molecule has 2 amide bonds. The van der Waals surface area contributed by atoms with E-state index in [1.807, 2.05) is 46.1 Å². The van der Waals surface area contributed by atoms with Crippen LogP contribution >= 0.6 is 0 Å². The number of carbonyl (C=O) groups excluding carboxylic acids is 3. The highest BCUT2D eigenvalue weighted by Crippen LogP contribution is 2.25. The van der Waals surface area contributed by atoms with Crippen LogP contribution in [0, 0.1) is 13.8 Å². The van der Waals surface area contributed by atoms with E-state index in [-0.39, 0.29) is 30.5 Å². The lowest BCUT2D eigenvalue weighted by atomic mass is 10.1. The number of amides is 2. The third kappa shape index (κ3) is 5.97. The van der Waals surface area contributed by atoms with Crippen LogP contribution in [-0.4, -0.2) is 53.0 Å². The number of hydrogen-bond acceptors (Lipinski definition) is 4. The standard InChI is InChI=1S/C21H33N3O4/c1-9-24-14(3)16(19(15(24)4)20(27)28-10-2)11-12-18(26)23(8)13-17(25)22-21(5,6)7/h11-12H,9-10,13H2,1-8H3,(H,22,25)/b12-11+. The van der Waals surface area contributed by atoms with Crippen LogP contribution in [0.15, 0.2) is 6.08 Å². The van der Waals surface area contributed by atoms with Crippen molar-refractivity contribution in [3.63, 3.8) is 0 Å². The minimum atomic E-state index is -0.402. The molecule has 0 unspecified atom stereocenters. The van der Waals surface area contributed by atoms with Crippen LogP contribution < -0.4 is 5.32 Å². The van der Waals surface area contributed by atoms with Crippen molar-refractivity contribution in [3.8, 4) is 0 Å². The highest BCUT2D eigenvalue weighted by atomic mass is 16.5. The maximum absolute atomic E-state index is 12.4. The molecule has 1 N–H and O–H groups in total. The van der Waals surface area contributed by atoms with Gasteiger partial charge in [-0.2, -0.15) is 0 Å². The number of rotatable bonds is 7. The molecule has 0 bridgehead atoms. The van der Waals surface area contributed by atoms with Gasteiger partial charge in [-0.25, -0.2) is 4.79 Å². The number of hydrogen-bond donors (Lipinski definition) is 1. The molecule has 0 aliphatic carbocycles. The number of nitrogens with zero attached hydrogens (tertiary/aromatic N) is 2. The second kappa shape index (κ2) is 9.57. The van der Waals surface area contributed by atoms with Crippen molar-refractivity contribution in [1.82, 2.24) is 14.8 Å². The van der Waals surface area contributed by atoms with Crippen molar-refractivity contribution in [2.24, 2.45) is 0 Å². The molecule has 28 heavy (non-hydrogen) atoms. The molecule has 0 radical (unpaired) electrons. The van der Waals surface area contributed by atoms with E-state index in [2.05, 4.69) is 5.32 Å². The highest BCUT2D eigenvalue weighted by Gasteiger charge is 2.22. The molecule has 0 saturated heterocycles. The summed E-state index contributed by atoms with van der Waals surface area (Å²) >= 11 is 0. The summed E-state index contributed by atoms with van der Waals surface area (Å²) in [5, 5.41) is 2.82. The van der Waals surface area contributed by atoms with Crippen LogP contribution in [0.3, 0.4) is 0 Å². The molecule has 0 saturated carbocycles. The molecule has 0 aromatic carbocycles. The Bertz CT molecular complexity index is 770. The summed E-state index contributed by atoms with van der Waals surface area (Å²) < 4.78 is 7.19. The quantitative estimate of drug-likeness (QED) is 0.572. The van der Waals surface area contributed by atoms with Crippen LogP contribution in [0.2, 0.25) is 0 Å². The van der Waals surface area contributed by atoms with Gasteiger partial charge < -0.3 is 19.5 Å². The Hall–Kier alpha value is -2.57. The molecular formula is C21H33N3O4. The zero-order chi connectivity index (χ0) is 21.6. The van der Waals surface area contributed by atoms with Crippen molar-refractivity contribution < 1.29 is 19.1 Å². The Morgan fingerprint density at radius 3 is 2.25 bits per heavy atom. The zero-order valence-corrected chi connectivity index (χ0v) is 18.3. The Morgan fingerprint density at radius 1 is 1.14 bits per heavy atom. The van der Waals surface area contributed by atoms with Gasteiger partial charge in [-0.3, -0.25) is 9.59 Å². The number of nitrogens with one attached hydrogen (secondary N) is 1.